The smallest absolute Gasteiger partial charge is 0.303 e. The van der Waals surface area contributed by atoms with Gasteiger partial charge >= 0.3 is 11.9 Å². The molecule has 1 aliphatic rings. The SMILES string of the molecule is C=CCNC(=O)C(=O)C(CCC)NC(=O)[C@@H]1CS(=O)(=O)CN1C(=O)[C@@H](NC(=O)[C@@H](NC(=O)[C@H](CCC(=O)O)NC(=O)[C@H](CCC(=O)O)NC(C)=O)C(C)C)C(C)C. The molecule has 0 saturated carbocycles. The zero-order chi connectivity index (χ0) is 43.8. The molecule has 22 heteroatoms. The van der Waals surface area contributed by atoms with Gasteiger partial charge in [0, 0.05) is 26.3 Å². The summed E-state index contributed by atoms with van der Waals surface area (Å²) in [6, 6.07) is -8.86. The molecule has 7 amide bonds. The molecular weight excluding hydrogens is 774 g/mol. The predicted octanol–water partition coefficient (Wildman–Crippen LogP) is -2.27. The van der Waals surface area contributed by atoms with Crippen molar-refractivity contribution in [3.05, 3.63) is 12.7 Å². The van der Waals surface area contributed by atoms with E-state index in [0.717, 1.165) is 11.8 Å². The minimum absolute atomic E-state index is 0.0218. The summed E-state index contributed by atoms with van der Waals surface area (Å²) in [7, 11) is -4.05. The van der Waals surface area contributed by atoms with Crippen molar-refractivity contribution in [2.75, 3.05) is 18.2 Å². The van der Waals surface area contributed by atoms with Crippen molar-refractivity contribution in [1.82, 2.24) is 36.8 Å². The van der Waals surface area contributed by atoms with Crippen molar-refractivity contribution in [3.63, 3.8) is 0 Å². The van der Waals surface area contributed by atoms with Crippen LogP contribution in [-0.4, -0.2) is 137 Å². The number of amides is 7. The maximum absolute atomic E-state index is 14.0. The van der Waals surface area contributed by atoms with Gasteiger partial charge in [-0.2, -0.15) is 0 Å². The third-order valence-corrected chi connectivity index (χ3v) is 10.1. The van der Waals surface area contributed by atoms with Gasteiger partial charge in [0.2, 0.25) is 41.2 Å². The topological polar surface area (TPSA) is 321 Å². The van der Waals surface area contributed by atoms with Crippen molar-refractivity contribution >= 4 is 68.9 Å². The molecule has 1 fully saturated rings. The minimum atomic E-state index is -4.05. The second kappa shape index (κ2) is 23.0. The van der Waals surface area contributed by atoms with E-state index >= 15 is 0 Å². The number of carbonyl (C=O) groups excluding carboxylic acids is 8. The summed E-state index contributed by atoms with van der Waals surface area (Å²) in [6.45, 7) is 12.3. The summed E-state index contributed by atoms with van der Waals surface area (Å²) in [5.41, 5.74) is 0. The lowest BCUT2D eigenvalue weighted by Gasteiger charge is -2.32. The number of sulfone groups is 1. The van der Waals surface area contributed by atoms with Crippen molar-refractivity contribution in [3.8, 4) is 0 Å². The fourth-order valence-electron chi connectivity index (χ4n) is 5.67. The lowest BCUT2D eigenvalue weighted by Crippen LogP contribution is -2.61. The Morgan fingerprint density at radius 2 is 1.25 bits per heavy atom. The molecule has 0 aromatic heterocycles. The molecule has 1 saturated heterocycles. The van der Waals surface area contributed by atoms with Crippen LogP contribution in [0.25, 0.3) is 0 Å². The standard InChI is InChI=1S/C35H55N7O14S/c1-8-10-21(29(48)34(53)36-15-9-2)38-32(51)24-16-57(55,56)17-42(24)35(54)28(19(5)6)41-33(52)27(18(3)4)40-31(50)23(12-14-26(46)47)39-30(49)22(37-20(7)43)11-13-25(44)45/h9,18-19,21-24,27-28H,2,8,10-17H2,1,3-7H3,(H,36,53)(H,37,43)(H,38,51)(H,39,49)(H,40,50)(H,41,52)(H,44,45)(H,46,47)/t21?,22-,23-,24-,27-,28-/m0/s1. The van der Waals surface area contributed by atoms with Crippen molar-refractivity contribution in [2.24, 2.45) is 11.8 Å². The van der Waals surface area contributed by atoms with Crippen molar-refractivity contribution in [2.45, 2.75) is 116 Å². The molecule has 0 radical (unpaired) electrons. The Bertz CT molecular complexity index is 1670. The molecule has 0 bridgehead atoms. The molecule has 0 aromatic carbocycles. The zero-order valence-electron chi connectivity index (χ0n) is 32.9. The average Bonchev–Trinajstić information content (AvgIpc) is 3.45. The van der Waals surface area contributed by atoms with Crippen LogP contribution in [0.5, 0.6) is 0 Å². The second-order valence-electron chi connectivity index (χ2n) is 14.2. The quantitative estimate of drug-likeness (QED) is 0.0376. The highest BCUT2D eigenvalue weighted by atomic mass is 32.2. The van der Waals surface area contributed by atoms with Gasteiger partial charge in [-0.3, -0.25) is 47.9 Å². The predicted molar refractivity (Wildman–Crippen MR) is 201 cm³/mol. The molecule has 8 N–H and O–H groups in total. The maximum Gasteiger partial charge on any atom is 0.303 e. The number of aliphatic carboxylic acids is 2. The van der Waals surface area contributed by atoms with Gasteiger partial charge in [0.1, 0.15) is 36.1 Å². The van der Waals surface area contributed by atoms with Gasteiger partial charge in [-0.25, -0.2) is 8.42 Å². The molecule has 0 aliphatic carbocycles. The van der Waals surface area contributed by atoms with Crippen LogP contribution < -0.4 is 31.9 Å². The molecule has 320 valence electrons. The van der Waals surface area contributed by atoms with Gasteiger partial charge in [-0.15, -0.1) is 6.58 Å². The first kappa shape index (κ1) is 49.6. The molecule has 21 nitrogen and oxygen atoms in total. The monoisotopic (exact) mass is 829 g/mol. The Labute approximate surface area is 330 Å². The number of hydrogen-bond acceptors (Lipinski definition) is 12. The van der Waals surface area contributed by atoms with E-state index in [0.29, 0.717) is 6.42 Å². The number of rotatable bonds is 24. The number of carbonyl (C=O) groups is 10. The molecule has 1 rings (SSSR count). The van der Waals surface area contributed by atoms with E-state index in [-0.39, 0.29) is 19.4 Å². The Morgan fingerprint density at radius 3 is 1.72 bits per heavy atom. The molecule has 1 heterocycles. The summed E-state index contributed by atoms with van der Waals surface area (Å²) < 4.78 is 25.6. The fourth-order valence-corrected chi connectivity index (χ4v) is 7.32. The van der Waals surface area contributed by atoms with Gasteiger partial charge in [0.15, 0.2) is 9.84 Å². The van der Waals surface area contributed by atoms with Crippen molar-refractivity contribution in [1.29, 1.82) is 0 Å². The highest BCUT2D eigenvalue weighted by Gasteiger charge is 2.46. The van der Waals surface area contributed by atoms with E-state index in [1.165, 1.54) is 33.8 Å². The number of hydrogen-bond donors (Lipinski definition) is 8. The Balaban J connectivity index is 3.35. The van der Waals surface area contributed by atoms with Crippen LogP contribution in [0.3, 0.4) is 0 Å². The number of ketones is 1. The molecule has 1 unspecified atom stereocenters. The molecular formula is C35H55N7O14S. The largest absolute Gasteiger partial charge is 0.481 e. The number of nitrogens with one attached hydrogen (secondary N) is 6. The van der Waals surface area contributed by atoms with E-state index < -0.39 is 148 Å². The normalized spacial score (nSPS) is 17.2. The highest BCUT2D eigenvalue weighted by molar-refractivity contribution is 7.91. The van der Waals surface area contributed by atoms with E-state index in [4.69, 9.17) is 5.11 Å². The Hall–Kier alpha value is -5.41. The van der Waals surface area contributed by atoms with E-state index in [2.05, 4.69) is 38.5 Å². The van der Waals surface area contributed by atoms with Gasteiger partial charge in [0.05, 0.1) is 11.8 Å². The van der Waals surface area contributed by atoms with Gasteiger partial charge in [-0.05, 0) is 31.1 Å². The minimum Gasteiger partial charge on any atom is -0.481 e. The molecule has 6 atom stereocenters. The Kier molecular flexibility index (Phi) is 20.0. The fraction of sp³-hybridized carbons (Fsp3) is 0.657. The summed E-state index contributed by atoms with van der Waals surface area (Å²) in [6.07, 6.45) is -0.275. The molecule has 57 heavy (non-hydrogen) atoms. The van der Waals surface area contributed by atoms with E-state index in [1.807, 2.05) is 0 Å². The Morgan fingerprint density at radius 1 is 0.737 bits per heavy atom. The number of Topliss-reactive ketones (excluding diaryl/α,β-unsaturated/α-hetero) is 1. The van der Waals surface area contributed by atoms with Crippen LogP contribution in [0.2, 0.25) is 0 Å². The highest BCUT2D eigenvalue weighted by Crippen LogP contribution is 2.20. The zero-order valence-corrected chi connectivity index (χ0v) is 33.7. The van der Waals surface area contributed by atoms with Crippen LogP contribution in [0.1, 0.15) is 80.1 Å². The number of nitrogens with zero attached hydrogens (tertiary/aromatic N) is 1. The summed E-state index contributed by atoms with van der Waals surface area (Å²) in [4.78, 5) is 128. The second-order valence-corrected chi connectivity index (χ2v) is 16.3. The van der Waals surface area contributed by atoms with Crippen LogP contribution in [-0.2, 0) is 57.8 Å². The third kappa shape index (κ3) is 16.3. The first-order chi connectivity index (χ1) is 26.5. The van der Waals surface area contributed by atoms with E-state index in [9.17, 15) is 61.5 Å². The number of carboxylic acids is 2. The lowest BCUT2D eigenvalue weighted by atomic mass is 9.98. The first-order valence-electron chi connectivity index (χ1n) is 18.3. The van der Waals surface area contributed by atoms with Crippen LogP contribution >= 0.6 is 0 Å². The summed E-state index contributed by atoms with van der Waals surface area (Å²) in [5.74, 6) is -13.4. The van der Waals surface area contributed by atoms with Crippen molar-refractivity contribution < 1.29 is 66.6 Å². The van der Waals surface area contributed by atoms with Crippen LogP contribution in [0, 0.1) is 11.8 Å². The van der Waals surface area contributed by atoms with Gasteiger partial charge in [0.25, 0.3) is 5.91 Å². The average molecular weight is 830 g/mol. The molecule has 0 spiro atoms. The number of carboxylic acid groups (broad SMARTS) is 2. The summed E-state index contributed by atoms with van der Waals surface area (Å²) >= 11 is 0. The lowest BCUT2D eigenvalue weighted by molar-refractivity contribution is -0.144. The van der Waals surface area contributed by atoms with E-state index in [1.54, 1.807) is 6.92 Å². The van der Waals surface area contributed by atoms with Gasteiger partial charge < -0.3 is 47.0 Å². The van der Waals surface area contributed by atoms with Gasteiger partial charge in [-0.1, -0.05) is 47.1 Å². The first-order valence-corrected chi connectivity index (χ1v) is 20.1. The van der Waals surface area contributed by atoms with Crippen LogP contribution in [0.15, 0.2) is 12.7 Å². The molecule has 1 aliphatic heterocycles. The maximum atomic E-state index is 14.0. The molecule has 0 aromatic rings. The third-order valence-electron chi connectivity index (χ3n) is 8.65. The van der Waals surface area contributed by atoms with Crippen LogP contribution in [0.4, 0.5) is 0 Å². The summed E-state index contributed by atoms with van der Waals surface area (Å²) in [5, 5.41) is 32.5.